The van der Waals surface area contributed by atoms with Crippen LogP contribution in [0.25, 0.3) is 21.8 Å². The van der Waals surface area contributed by atoms with Crippen molar-refractivity contribution >= 4 is 39.5 Å². The van der Waals surface area contributed by atoms with E-state index in [9.17, 15) is 4.79 Å². The number of anilines is 2. The number of hydrogen-bond acceptors (Lipinski definition) is 6. The number of benzene rings is 2. The molecular formula is C27H32N6O. The van der Waals surface area contributed by atoms with Crippen molar-refractivity contribution in [2.24, 2.45) is 0 Å². The third-order valence-electron chi connectivity index (χ3n) is 6.23. The summed E-state index contributed by atoms with van der Waals surface area (Å²) in [4.78, 5) is 28.7. The molecule has 2 aromatic carbocycles. The largest absolute Gasteiger partial charge is 0.362 e. The zero-order valence-electron chi connectivity index (χ0n) is 19.0. The highest BCUT2D eigenvalue weighted by Gasteiger charge is 2.24. The number of aromatic nitrogens is 3. The molecule has 0 bridgehead atoms. The number of hydrogen-bond donors (Lipinski definition) is 2. The van der Waals surface area contributed by atoms with Crippen LogP contribution in [0.15, 0.2) is 60.7 Å². The summed E-state index contributed by atoms with van der Waals surface area (Å²) in [5, 5.41) is 8.76. The molecule has 0 atom stereocenters. The number of nitrogens with zero attached hydrogens (tertiary/aromatic N) is 4. The van der Waals surface area contributed by atoms with Crippen molar-refractivity contribution in [3.63, 3.8) is 0 Å². The molecule has 34 heavy (non-hydrogen) atoms. The summed E-state index contributed by atoms with van der Waals surface area (Å²) in [6.45, 7) is 0. The summed E-state index contributed by atoms with van der Waals surface area (Å²) >= 11 is 0. The second-order valence-electron chi connectivity index (χ2n) is 8.84. The van der Waals surface area contributed by atoms with Gasteiger partial charge in [0.25, 0.3) is 5.91 Å². The Morgan fingerprint density at radius 2 is 1.50 bits per heavy atom. The van der Waals surface area contributed by atoms with Gasteiger partial charge in [-0.1, -0.05) is 43.8 Å². The molecule has 1 amide bonds. The van der Waals surface area contributed by atoms with Crippen molar-refractivity contribution in [2.75, 3.05) is 24.3 Å². The van der Waals surface area contributed by atoms with Crippen molar-refractivity contribution in [1.82, 2.24) is 20.3 Å². The minimum Gasteiger partial charge on any atom is -0.362 e. The van der Waals surface area contributed by atoms with Crippen LogP contribution in [-0.2, 0) is 0 Å². The first-order valence-electron chi connectivity index (χ1n) is 11.4. The van der Waals surface area contributed by atoms with Crippen LogP contribution in [0.1, 0.15) is 43.6 Å². The standard InChI is InChI=1S/C26H28N6O.CH4/c1-32(2)24-20-8-4-6-10-22(20)30-26(31-24)28-19-14-12-18(13-15-19)27-25(33)23-16-11-17-7-3-5-9-21(17)29-23;/h3-11,16,18-19H,12-15H2,1-2H3,(H,27,33)(H,28,30,31);1H4. The minimum atomic E-state index is -0.106. The molecule has 2 N–H and O–H groups in total. The van der Waals surface area contributed by atoms with E-state index in [0.717, 1.165) is 53.3 Å². The molecule has 0 radical (unpaired) electrons. The van der Waals surface area contributed by atoms with E-state index in [1.807, 2.05) is 73.6 Å². The second-order valence-corrected chi connectivity index (χ2v) is 8.84. The molecule has 5 rings (SSSR count). The van der Waals surface area contributed by atoms with Crippen molar-refractivity contribution in [2.45, 2.75) is 45.2 Å². The van der Waals surface area contributed by atoms with Crippen LogP contribution >= 0.6 is 0 Å². The number of nitrogens with one attached hydrogen (secondary N) is 2. The zero-order valence-corrected chi connectivity index (χ0v) is 19.0. The molecular weight excluding hydrogens is 424 g/mol. The lowest BCUT2D eigenvalue weighted by Crippen LogP contribution is -2.40. The Morgan fingerprint density at radius 3 is 2.26 bits per heavy atom. The normalized spacial score (nSPS) is 17.7. The van der Waals surface area contributed by atoms with Gasteiger partial charge in [-0.3, -0.25) is 4.79 Å². The third-order valence-corrected chi connectivity index (χ3v) is 6.23. The Bertz CT molecular complexity index is 1300. The van der Waals surface area contributed by atoms with E-state index in [-0.39, 0.29) is 25.4 Å². The number of rotatable bonds is 5. The van der Waals surface area contributed by atoms with Crippen LogP contribution in [-0.4, -0.2) is 47.0 Å². The van der Waals surface area contributed by atoms with Gasteiger partial charge >= 0.3 is 0 Å². The lowest BCUT2D eigenvalue weighted by Gasteiger charge is -2.30. The number of pyridine rings is 1. The molecule has 2 aromatic heterocycles. The number of carbonyl (C=O) groups is 1. The van der Waals surface area contributed by atoms with Gasteiger partial charge in [-0.15, -0.1) is 0 Å². The summed E-state index contributed by atoms with van der Waals surface area (Å²) in [6, 6.07) is 20.1. The molecule has 1 aliphatic rings. The molecule has 7 heteroatoms. The Hall–Kier alpha value is -3.74. The van der Waals surface area contributed by atoms with Crippen LogP contribution in [0.3, 0.4) is 0 Å². The van der Waals surface area contributed by atoms with Gasteiger partial charge in [-0.25, -0.2) is 9.97 Å². The molecule has 1 aliphatic carbocycles. The monoisotopic (exact) mass is 456 g/mol. The molecule has 0 unspecified atom stereocenters. The van der Waals surface area contributed by atoms with E-state index in [0.29, 0.717) is 11.6 Å². The maximum Gasteiger partial charge on any atom is 0.270 e. The fourth-order valence-electron chi connectivity index (χ4n) is 4.48. The van der Waals surface area contributed by atoms with Gasteiger partial charge in [0, 0.05) is 37.0 Å². The van der Waals surface area contributed by atoms with Gasteiger partial charge in [0.15, 0.2) is 0 Å². The van der Waals surface area contributed by atoms with Crippen molar-refractivity contribution in [3.8, 4) is 0 Å². The van der Waals surface area contributed by atoms with Gasteiger partial charge in [0.1, 0.15) is 11.5 Å². The van der Waals surface area contributed by atoms with Gasteiger partial charge in [0.05, 0.1) is 11.0 Å². The maximum absolute atomic E-state index is 12.7. The molecule has 0 aliphatic heterocycles. The van der Waals surface area contributed by atoms with Crippen LogP contribution in [0.2, 0.25) is 0 Å². The predicted octanol–water partition coefficient (Wildman–Crippen LogP) is 5.03. The highest BCUT2D eigenvalue weighted by atomic mass is 16.1. The summed E-state index contributed by atoms with van der Waals surface area (Å²) in [5.74, 6) is 1.46. The summed E-state index contributed by atoms with van der Waals surface area (Å²) < 4.78 is 0. The first kappa shape index (κ1) is 23.4. The van der Waals surface area contributed by atoms with Gasteiger partial charge < -0.3 is 15.5 Å². The Morgan fingerprint density at radius 1 is 0.824 bits per heavy atom. The molecule has 7 nitrogen and oxygen atoms in total. The second kappa shape index (κ2) is 10.0. The fraction of sp³-hybridized carbons (Fsp3) is 0.333. The van der Waals surface area contributed by atoms with Crippen LogP contribution in [0.4, 0.5) is 11.8 Å². The first-order chi connectivity index (χ1) is 16.1. The number of carbonyl (C=O) groups excluding carboxylic acids is 1. The Labute approximate surface area is 200 Å². The number of amides is 1. The van der Waals surface area contributed by atoms with E-state index in [1.165, 1.54) is 0 Å². The maximum atomic E-state index is 12.7. The van der Waals surface area contributed by atoms with Crippen molar-refractivity contribution in [3.05, 3.63) is 66.4 Å². The Kier molecular flexibility index (Phi) is 6.91. The van der Waals surface area contributed by atoms with Crippen LogP contribution in [0, 0.1) is 0 Å². The lowest BCUT2D eigenvalue weighted by atomic mass is 9.91. The minimum absolute atomic E-state index is 0. The molecule has 2 heterocycles. The fourth-order valence-corrected chi connectivity index (χ4v) is 4.48. The summed E-state index contributed by atoms with van der Waals surface area (Å²) in [6.07, 6.45) is 3.71. The summed E-state index contributed by atoms with van der Waals surface area (Å²) in [5.41, 5.74) is 2.24. The molecule has 1 fully saturated rings. The van der Waals surface area contributed by atoms with E-state index in [1.54, 1.807) is 6.07 Å². The van der Waals surface area contributed by atoms with Crippen molar-refractivity contribution in [1.29, 1.82) is 0 Å². The number of para-hydroxylation sites is 2. The van der Waals surface area contributed by atoms with E-state index in [2.05, 4.69) is 15.6 Å². The van der Waals surface area contributed by atoms with E-state index in [4.69, 9.17) is 9.97 Å². The average molecular weight is 457 g/mol. The number of fused-ring (bicyclic) bond motifs is 2. The average Bonchev–Trinajstić information content (AvgIpc) is 2.84. The van der Waals surface area contributed by atoms with E-state index < -0.39 is 0 Å². The van der Waals surface area contributed by atoms with Gasteiger partial charge in [-0.05, 0) is 49.9 Å². The van der Waals surface area contributed by atoms with Crippen molar-refractivity contribution < 1.29 is 4.79 Å². The molecule has 0 saturated heterocycles. The SMILES string of the molecule is C.CN(C)c1nc(NC2CCC(NC(=O)c3ccc4ccccc4n3)CC2)nc2ccccc12. The zero-order chi connectivity index (χ0) is 22.8. The smallest absolute Gasteiger partial charge is 0.270 e. The summed E-state index contributed by atoms with van der Waals surface area (Å²) in [7, 11) is 3.99. The quantitative estimate of drug-likeness (QED) is 0.438. The predicted molar refractivity (Wildman–Crippen MR) is 139 cm³/mol. The Balaban J connectivity index is 0.00000274. The van der Waals surface area contributed by atoms with Gasteiger partial charge in [0.2, 0.25) is 5.95 Å². The van der Waals surface area contributed by atoms with E-state index >= 15 is 0 Å². The molecule has 0 spiro atoms. The molecule has 1 saturated carbocycles. The highest BCUT2D eigenvalue weighted by Crippen LogP contribution is 2.26. The highest BCUT2D eigenvalue weighted by molar-refractivity contribution is 5.95. The third kappa shape index (κ3) is 4.93. The topological polar surface area (TPSA) is 83.0 Å². The van der Waals surface area contributed by atoms with Crippen LogP contribution in [0.5, 0.6) is 0 Å². The van der Waals surface area contributed by atoms with Crippen LogP contribution < -0.4 is 15.5 Å². The lowest BCUT2D eigenvalue weighted by molar-refractivity contribution is 0.0922. The molecule has 4 aromatic rings. The first-order valence-corrected chi connectivity index (χ1v) is 11.4. The molecule has 176 valence electrons. The van der Waals surface area contributed by atoms with Gasteiger partial charge in [-0.2, -0.15) is 4.98 Å².